The van der Waals surface area contributed by atoms with E-state index in [1.54, 1.807) is 0 Å². The fraction of sp³-hybridized carbons (Fsp3) is 0.471. The third kappa shape index (κ3) is 3.93. The maximum Gasteiger partial charge on any atom is 0.0948 e. The standard InChI is InChI=1S/C17H26N4/c1-3-20(4-2)17(15-8-6-5-7-9-15)13-21-14-19-12-16(21)10-11-18/h5-9,12,14,17H,3-4,10-11,13,18H2,1-2H3. The Labute approximate surface area is 127 Å². The lowest BCUT2D eigenvalue weighted by Crippen LogP contribution is -2.31. The number of likely N-dealkylation sites (N-methyl/N-ethyl adjacent to an activating group) is 1. The molecule has 114 valence electrons. The molecule has 1 aromatic heterocycles. The topological polar surface area (TPSA) is 47.1 Å². The fourth-order valence-corrected chi connectivity index (χ4v) is 2.83. The summed E-state index contributed by atoms with van der Waals surface area (Å²) in [6.07, 6.45) is 4.72. The molecule has 0 spiro atoms. The Morgan fingerprint density at radius 1 is 1.19 bits per heavy atom. The number of hydrogen-bond donors (Lipinski definition) is 1. The van der Waals surface area contributed by atoms with Gasteiger partial charge in [-0.2, -0.15) is 0 Å². The Balaban J connectivity index is 2.25. The van der Waals surface area contributed by atoms with Gasteiger partial charge in [-0.05, 0) is 25.2 Å². The van der Waals surface area contributed by atoms with Crippen molar-refractivity contribution in [2.75, 3.05) is 19.6 Å². The van der Waals surface area contributed by atoms with Crippen LogP contribution < -0.4 is 5.73 Å². The normalized spacial score (nSPS) is 12.8. The van der Waals surface area contributed by atoms with Crippen molar-refractivity contribution >= 4 is 0 Å². The summed E-state index contributed by atoms with van der Waals surface area (Å²) in [5.74, 6) is 0. The molecule has 0 aliphatic heterocycles. The molecule has 0 saturated carbocycles. The number of hydrogen-bond acceptors (Lipinski definition) is 3. The molecule has 0 bridgehead atoms. The summed E-state index contributed by atoms with van der Waals surface area (Å²) < 4.78 is 2.24. The molecule has 0 fully saturated rings. The molecule has 0 radical (unpaired) electrons. The van der Waals surface area contributed by atoms with Crippen LogP contribution in [0.5, 0.6) is 0 Å². The average Bonchev–Trinajstić information content (AvgIpc) is 2.96. The zero-order chi connectivity index (χ0) is 15.1. The first-order valence-electron chi connectivity index (χ1n) is 7.78. The Kier molecular flexibility index (Phi) is 5.96. The fourth-order valence-electron chi connectivity index (χ4n) is 2.83. The van der Waals surface area contributed by atoms with E-state index in [4.69, 9.17) is 5.73 Å². The van der Waals surface area contributed by atoms with Crippen LogP contribution in [-0.2, 0) is 13.0 Å². The Hall–Kier alpha value is -1.65. The van der Waals surface area contributed by atoms with Crippen molar-refractivity contribution in [2.45, 2.75) is 32.9 Å². The Morgan fingerprint density at radius 3 is 2.52 bits per heavy atom. The summed E-state index contributed by atoms with van der Waals surface area (Å²) in [5, 5.41) is 0. The number of nitrogens with two attached hydrogens (primary N) is 1. The number of imidazole rings is 1. The van der Waals surface area contributed by atoms with Crippen LogP contribution in [0.4, 0.5) is 0 Å². The lowest BCUT2D eigenvalue weighted by molar-refractivity contribution is 0.197. The van der Waals surface area contributed by atoms with E-state index < -0.39 is 0 Å². The van der Waals surface area contributed by atoms with E-state index in [-0.39, 0.29) is 0 Å². The molecule has 4 heteroatoms. The molecule has 2 N–H and O–H groups in total. The number of rotatable bonds is 8. The molecule has 0 amide bonds. The van der Waals surface area contributed by atoms with Crippen molar-refractivity contribution in [3.63, 3.8) is 0 Å². The maximum atomic E-state index is 5.69. The van der Waals surface area contributed by atoms with Crippen LogP contribution in [-0.4, -0.2) is 34.1 Å². The molecular formula is C17H26N4. The van der Waals surface area contributed by atoms with Gasteiger partial charge < -0.3 is 10.3 Å². The Bertz CT molecular complexity index is 517. The molecule has 2 aromatic rings. The van der Waals surface area contributed by atoms with Crippen LogP contribution in [0.1, 0.15) is 31.1 Å². The molecule has 1 aromatic carbocycles. The first-order chi connectivity index (χ1) is 10.3. The third-order valence-corrected chi connectivity index (χ3v) is 4.01. The lowest BCUT2D eigenvalue weighted by Gasteiger charge is -2.31. The van der Waals surface area contributed by atoms with Gasteiger partial charge in [0, 0.05) is 24.9 Å². The minimum Gasteiger partial charge on any atom is -0.333 e. The van der Waals surface area contributed by atoms with Crippen molar-refractivity contribution in [3.05, 3.63) is 54.1 Å². The van der Waals surface area contributed by atoms with Crippen LogP contribution in [0.15, 0.2) is 42.9 Å². The minimum atomic E-state index is 0.368. The molecule has 1 heterocycles. The molecule has 1 unspecified atom stereocenters. The molecular weight excluding hydrogens is 260 g/mol. The van der Waals surface area contributed by atoms with Crippen LogP contribution >= 0.6 is 0 Å². The molecule has 1 atom stereocenters. The van der Waals surface area contributed by atoms with Gasteiger partial charge in [-0.3, -0.25) is 4.90 Å². The van der Waals surface area contributed by atoms with Gasteiger partial charge >= 0.3 is 0 Å². The van der Waals surface area contributed by atoms with Gasteiger partial charge in [-0.25, -0.2) is 4.98 Å². The maximum absolute atomic E-state index is 5.69. The summed E-state index contributed by atoms with van der Waals surface area (Å²) in [5.41, 5.74) is 8.26. The summed E-state index contributed by atoms with van der Waals surface area (Å²) in [4.78, 5) is 6.78. The van der Waals surface area contributed by atoms with Gasteiger partial charge in [0.1, 0.15) is 0 Å². The van der Waals surface area contributed by atoms with E-state index in [9.17, 15) is 0 Å². The first-order valence-corrected chi connectivity index (χ1v) is 7.78. The zero-order valence-corrected chi connectivity index (χ0v) is 13.1. The van der Waals surface area contributed by atoms with Gasteiger partial charge in [0.2, 0.25) is 0 Å². The van der Waals surface area contributed by atoms with Crippen molar-refractivity contribution in [1.29, 1.82) is 0 Å². The van der Waals surface area contributed by atoms with Crippen molar-refractivity contribution in [1.82, 2.24) is 14.5 Å². The second-order valence-corrected chi connectivity index (χ2v) is 5.22. The Morgan fingerprint density at radius 2 is 1.90 bits per heavy atom. The molecule has 0 aliphatic carbocycles. The number of benzene rings is 1. The van der Waals surface area contributed by atoms with E-state index in [0.29, 0.717) is 12.6 Å². The van der Waals surface area contributed by atoms with Crippen LogP contribution in [0.25, 0.3) is 0 Å². The predicted octanol–water partition coefficient (Wildman–Crippen LogP) is 2.47. The molecule has 4 nitrogen and oxygen atoms in total. The number of aromatic nitrogens is 2. The van der Waals surface area contributed by atoms with Gasteiger partial charge in [-0.1, -0.05) is 44.2 Å². The van der Waals surface area contributed by atoms with Crippen molar-refractivity contribution < 1.29 is 0 Å². The van der Waals surface area contributed by atoms with Crippen LogP contribution in [0.3, 0.4) is 0 Å². The lowest BCUT2D eigenvalue weighted by atomic mass is 10.0. The second kappa shape index (κ2) is 7.96. The van der Waals surface area contributed by atoms with Crippen LogP contribution in [0.2, 0.25) is 0 Å². The highest BCUT2D eigenvalue weighted by Crippen LogP contribution is 2.23. The minimum absolute atomic E-state index is 0.368. The van der Waals surface area contributed by atoms with E-state index in [0.717, 1.165) is 26.1 Å². The van der Waals surface area contributed by atoms with Crippen molar-refractivity contribution in [3.8, 4) is 0 Å². The number of nitrogens with zero attached hydrogens (tertiary/aromatic N) is 3. The molecule has 0 aliphatic rings. The molecule has 2 rings (SSSR count). The van der Waals surface area contributed by atoms with Gasteiger partial charge in [0.15, 0.2) is 0 Å². The zero-order valence-electron chi connectivity index (χ0n) is 13.1. The van der Waals surface area contributed by atoms with Gasteiger partial charge in [0.25, 0.3) is 0 Å². The van der Waals surface area contributed by atoms with E-state index >= 15 is 0 Å². The van der Waals surface area contributed by atoms with E-state index in [2.05, 4.69) is 58.6 Å². The third-order valence-electron chi connectivity index (χ3n) is 4.01. The summed E-state index contributed by atoms with van der Waals surface area (Å²) in [6, 6.07) is 11.1. The monoisotopic (exact) mass is 286 g/mol. The predicted molar refractivity (Wildman–Crippen MR) is 87.1 cm³/mol. The first kappa shape index (κ1) is 15.7. The average molecular weight is 286 g/mol. The highest BCUT2D eigenvalue weighted by molar-refractivity contribution is 5.19. The van der Waals surface area contributed by atoms with E-state index in [1.165, 1.54) is 11.3 Å². The smallest absolute Gasteiger partial charge is 0.0948 e. The quantitative estimate of drug-likeness (QED) is 0.811. The summed E-state index contributed by atoms with van der Waals surface area (Å²) in [6.45, 7) is 8.09. The second-order valence-electron chi connectivity index (χ2n) is 5.22. The SMILES string of the molecule is CCN(CC)C(Cn1cncc1CCN)c1ccccc1. The molecule has 0 saturated heterocycles. The van der Waals surface area contributed by atoms with Gasteiger partial charge in [-0.15, -0.1) is 0 Å². The summed E-state index contributed by atoms with van der Waals surface area (Å²) >= 11 is 0. The highest BCUT2D eigenvalue weighted by atomic mass is 15.2. The van der Waals surface area contributed by atoms with Crippen LogP contribution in [0, 0.1) is 0 Å². The van der Waals surface area contributed by atoms with Gasteiger partial charge in [0.05, 0.1) is 12.4 Å². The van der Waals surface area contributed by atoms with Crippen molar-refractivity contribution in [2.24, 2.45) is 5.73 Å². The summed E-state index contributed by atoms with van der Waals surface area (Å²) in [7, 11) is 0. The van der Waals surface area contributed by atoms with E-state index in [1.807, 2.05) is 12.5 Å². The largest absolute Gasteiger partial charge is 0.333 e. The molecule has 21 heavy (non-hydrogen) atoms. The highest BCUT2D eigenvalue weighted by Gasteiger charge is 2.19.